The molecule has 8 nitrogen and oxygen atoms in total. The molecule has 0 saturated carbocycles. The fourth-order valence-corrected chi connectivity index (χ4v) is 5.87. The number of sulfone groups is 1. The predicted octanol–water partition coefficient (Wildman–Crippen LogP) is 3.15. The first-order valence-electron chi connectivity index (χ1n) is 8.78. The van der Waals surface area contributed by atoms with E-state index in [0.717, 1.165) is 16.6 Å². The van der Waals surface area contributed by atoms with Crippen LogP contribution in [0.4, 0.5) is 5.69 Å². The zero-order valence-corrected chi connectivity index (χ0v) is 17.0. The Morgan fingerprint density at radius 2 is 1.72 bits per heavy atom. The standard InChI is InChI=1S/C19H18N4O4S2/c1-2-28(24,25)17-7-3-4-8-18(17)29(26,27)23-13-9-10-15-14(12-13)19(22-21-15)16-6-5-11-20-16/h3-12,20,23H,2H2,1H3,(H,21,22). The Morgan fingerprint density at radius 1 is 0.966 bits per heavy atom. The molecule has 4 aromatic rings. The lowest BCUT2D eigenvalue weighted by atomic mass is 10.1. The molecule has 2 aromatic carbocycles. The third-order valence-electron chi connectivity index (χ3n) is 4.52. The van der Waals surface area contributed by atoms with E-state index in [2.05, 4.69) is 19.9 Å². The number of nitrogens with zero attached hydrogens (tertiary/aromatic N) is 1. The van der Waals surface area contributed by atoms with Crippen LogP contribution in [0.5, 0.6) is 0 Å². The molecule has 0 radical (unpaired) electrons. The summed E-state index contributed by atoms with van der Waals surface area (Å²) in [5.74, 6) is -0.194. The van der Waals surface area contributed by atoms with Gasteiger partial charge >= 0.3 is 0 Å². The molecule has 10 heteroatoms. The van der Waals surface area contributed by atoms with Gasteiger partial charge in [0.05, 0.1) is 21.9 Å². The van der Waals surface area contributed by atoms with Gasteiger partial charge in [-0.2, -0.15) is 5.10 Å². The average Bonchev–Trinajstić information content (AvgIpc) is 3.37. The first kappa shape index (κ1) is 19.2. The van der Waals surface area contributed by atoms with Crippen LogP contribution in [0.25, 0.3) is 22.3 Å². The smallest absolute Gasteiger partial charge is 0.263 e. The third kappa shape index (κ3) is 3.52. The van der Waals surface area contributed by atoms with Crippen LogP contribution in [-0.2, 0) is 19.9 Å². The number of rotatable bonds is 6. The molecule has 0 spiro atoms. The maximum atomic E-state index is 13.0. The molecular formula is C19H18N4O4S2. The van der Waals surface area contributed by atoms with Crippen LogP contribution < -0.4 is 4.72 Å². The summed E-state index contributed by atoms with van der Waals surface area (Å²) in [6, 6.07) is 14.2. The van der Waals surface area contributed by atoms with E-state index in [4.69, 9.17) is 0 Å². The molecule has 0 saturated heterocycles. The van der Waals surface area contributed by atoms with Crippen molar-refractivity contribution in [3.8, 4) is 11.4 Å². The zero-order chi connectivity index (χ0) is 20.6. The SMILES string of the molecule is CCS(=O)(=O)c1ccccc1S(=O)(=O)Nc1ccc2[nH]nc(-c3ccc[nH]3)c2c1. The van der Waals surface area contributed by atoms with Crippen molar-refractivity contribution in [1.82, 2.24) is 15.2 Å². The van der Waals surface area contributed by atoms with Crippen molar-refractivity contribution >= 4 is 36.5 Å². The number of hydrogen-bond acceptors (Lipinski definition) is 5. The van der Waals surface area contributed by atoms with Gasteiger partial charge in [0, 0.05) is 17.3 Å². The van der Waals surface area contributed by atoms with Crippen LogP contribution in [0.15, 0.2) is 70.6 Å². The molecule has 2 aromatic heterocycles. The lowest BCUT2D eigenvalue weighted by molar-refractivity contribution is 0.586. The van der Waals surface area contributed by atoms with Gasteiger partial charge in [-0.1, -0.05) is 19.1 Å². The van der Waals surface area contributed by atoms with Crippen molar-refractivity contribution < 1.29 is 16.8 Å². The molecule has 0 amide bonds. The van der Waals surface area contributed by atoms with Gasteiger partial charge in [-0.05, 0) is 42.5 Å². The summed E-state index contributed by atoms with van der Waals surface area (Å²) >= 11 is 0. The van der Waals surface area contributed by atoms with Crippen LogP contribution in [-0.4, -0.2) is 37.8 Å². The van der Waals surface area contributed by atoms with E-state index < -0.39 is 19.9 Å². The Bertz CT molecular complexity index is 1390. The van der Waals surface area contributed by atoms with Gasteiger partial charge in [0.1, 0.15) is 10.6 Å². The number of hydrogen-bond donors (Lipinski definition) is 3. The quantitative estimate of drug-likeness (QED) is 0.433. The van der Waals surface area contributed by atoms with Gasteiger partial charge in [-0.25, -0.2) is 16.8 Å². The number of anilines is 1. The van der Waals surface area contributed by atoms with Crippen molar-refractivity contribution in [2.24, 2.45) is 0 Å². The number of fused-ring (bicyclic) bond motifs is 1. The van der Waals surface area contributed by atoms with Gasteiger partial charge in [-0.15, -0.1) is 0 Å². The summed E-state index contributed by atoms with van der Waals surface area (Å²) in [5, 5.41) is 7.91. The Hall–Kier alpha value is -3.11. The van der Waals surface area contributed by atoms with Crippen LogP contribution in [0.3, 0.4) is 0 Å². The summed E-state index contributed by atoms with van der Waals surface area (Å²) in [4.78, 5) is 2.57. The largest absolute Gasteiger partial charge is 0.360 e. The van der Waals surface area contributed by atoms with E-state index in [1.165, 1.54) is 31.2 Å². The lowest BCUT2D eigenvalue weighted by Gasteiger charge is -2.12. The highest BCUT2D eigenvalue weighted by Crippen LogP contribution is 2.29. The maximum Gasteiger partial charge on any atom is 0.263 e. The van der Waals surface area contributed by atoms with E-state index in [0.29, 0.717) is 11.4 Å². The van der Waals surface area contributed by atoms with E-state index in [-0.39, 0.29) is 15.5 Å². The highest BCUT2D eigenvalue weighted by molar-refractivity contribution is 7.95. The fraction of sp³-hybridized carbons (Fsp3) is 0.105. The second-order valence-electron chi connectivity index (χ2n) is 6.37. The van der Waals surface area contributed by atoms with Crippen molar-refractivity contribution in [2.75, 3.05) is 10.5 Å². The van der Waals surface area contributed by atoms with Gasteiger partial charge < -0.3 is 4.98 Å². The molecule has 4 rings (SSSR count). The highest BCUT2D eigenvalue weighted by Gasteiger charge is 2.25. The number of aromatic amines is 2. The lowest BCUT2D eigenvalue weighted by Crippen LogP contribution is -2.17. The molecule has 0 unspecified atom stereocenters. The Balaban J connectivity index is 1.77. The molecular weight excluding hydrogens is 412 g/mol. The number of H-pyrrole nitrogens is 2. The first-order valence-corrected chi connectivity index (χ1v) is 11.9. The fourth-order valence-electron chi connectivity index (χ4n) is 3.06. The van der Waals surface area contributed by atoms with Crippen molar-refractivity contribution in [3.05, 3.63) is 60.8 Å². The van der Waals surface area contributed by atoms with Gasteiger partial charge in [0.2, 0.25) is 0 Å². The molecule has 0 atom stereocenters. The van der Waals surface area contributed by atoms with Crippen LogP contribution in [0.1, 0.15) is 6.92 Å². The number of nitrogens with one attached hydrogen (secondary N) is 3. The summed E-state index contributed by atoms with van der Waals surface area (Å²) in [6.07, 6.45) is 1.77. The van der Waals surface area contributed by atoms with E-state index in [9.17, 15) is 16.8 Å². The minimum absolute atomic E-state index is 0.194. The highest BCUT2D eigenvalue weighted by atomic mass is 32.2. The van der Waals surface area contributed by atoms with Gasteiger partial charge in [0.25, 0.3) is 10.0 Å². The van der Waals surface area contributed by atoms with Crippen LogP contribution >= 0.6 is 0 Å². The Morgan fingerprint density at radius 3 is 2.41 bits per heavy atom. The second-order valence-corrected chi connectivity index (χ2v) is 10.3. The molecule has 2 heterocycles. The second kappa shape index (κ2) is 7.05. The number of benzene rings is 2. The van der Waals surface area contributed by atoms with E-state index in [1.54, 1.807) is 24.4 Å². The van der Waals surface area contributed by atoms with E-state index in [1.807, 2.05) is 12.1 Å². The maximum absolute atomic E-state index is 13.0. The van der Waals surface area contributed by atoms with Gasteiger partial charge in [0.15, 0.2) is 9.84 Å². The molecule has 0 aliphatic heterocycles. The Kier molecular flexibility index (Phi) is 4.67. The Labute approximate surface area is 167 Å². The molecule has 150 valence electrons. The predicted molar refractivity (Wildman–Crippen MR) is 111 cm³/mol. The summed E-state index contributed by atoms with van der Waals surface area (Å²) < 4.78 is 53.1. The molecule has 0 bridgehead atoms. The summed E-state index contributed by atoms with van der Waals surface area (Å²) in [5.41, 5.74) is 2.48. The average molecular weight is 431 g/mol. The summed E-state index contributed by atoms with van der Waals surface area (Å²) in [6.45, 7) is 1.47. The monoisotopic (exact) mass is 430 g/mol. The minimum atomic E-state index is -4.12. The molecule has 0 aliphatic rings. The number of aromatic nitrogens is 3. The topological polar surface area (TPSA) is 125 Å². The zero-order valence-electron chi connectivity index (χ0n) is 15.4. The third-order valence-corrected chi connectivity index (χ3v) is 7.88. The normalized spacial score (nSPS) is 12.3. The first-order chi connectivity index (χ1) is 13.8. The van der Waals surface area contributed by atoms with Crippen molar-refractivity contribution in [1.29, 1.82) is 0 Å². The van der Waals surface area contributed by atoms with Crippen molar-refractivity contribution in [2.45, 2.75) is 16.7 Å². The minimum Gasteiger partial charge on any atom is -0.360 e. The molecule has 0 aliphatic carbocycles. The van der Waals surface area contributed by atoms with Crippen molar-refractivity contribution in [3.63, 3.8) is 0 Å². The molecule has 29 heavy (non-hydrogen) atoms. The molecule has 0 fully saturated rings. The van der Waals surface area contributed by atoms with E-state index >= 15 is 0 Å². The number of sulfonamides is 1. The molecule has 3 N–H and O–H groups in total. The van der Waals surface area contributed by atoms with Crippen LogP contribution in [0.2, 0.25) is 0 Å². The van der Waals surface area contributed by atoms with Crippen LogP contribution in [0, 0.1) is 0 Å². The van der Waals surface area contributed by atoms with Gasteiger partial charge in [-0.3, -0.25) is 9.82 Å². The summed E-state index contributed by atoms with van der Waals surface area (Å²) in [7, 11) is -7.83.